The van der Waals surface area contributed by atoms with E-state index < -0.39 is 0 Å². The van der Waals surface area contributed by atoms with E-state index in [2.05, 4.69) is 27.4 Å². The number of aromatic nitrogens is 3. The molecule has 0 unspecified atom stereocenters. The number of imidazole rings is 1. The number of ether oxygens (including phenoxy) is 1. The minimum atomic E-state index is -0.344. The molecule has 2 aliphatic heterocycles. The molecule has 5 rings (SSSR count). The number of fused-ring (bicyclic) bond motifs is 1. The lowest BCUT2D eigenvalue weighted by Crippen LogP contribution is -2.58. The van der Waals surface area contributed by atoms with Crippen molar-refractivity contribution in [1.29, 1.82) is 0 Å². The highest BCUT2D eigenvalue weighted by molar-refractivity contribution is 5.96. The van der Waals surface area contributed by atoms with Crippen LogP contribution in [-0.4, -0.2) is 63.1 Å². The van der Waals surface area contributed by atoms with Crippen LogP contribution in [0.4, 0.5) is 0 Å². The number of pyridine rings is 1. The Morgan fingerprint density at radius 2 is 1.97 bits per heavy atom. The Morgan fingerprint density at radius 1 is 1.17 bits per heavy atom. The van der Waals surface area contributed by atoms with Crippen LogP contribution < -0.4 is 5.32 Å². The zero-order valence-corrected chi connectivity index (χ0v) is 16.6. The number of rotatable bonds is 3. The van der Waals surface area contributed by atoms with Crippen molar-refractivity contribution < 1.29 is 14.3 Å². The summed E-state index contributed by atoms with van der Waals surface area (Å²) in [7, 11) is 0. The Morgan fingerprint density at radius 3 is 2.70 bits per heavy atom. The Bertz CT molecular complexity index is 1070. The lowest BCUT2D eigenvalue weighted by atomic mass is 9.89. The van der Waals surface area contributed by atoms with Crippen molar-refractivity contribution in [2.75, 3.05) is 26.2 Å². The third-order valence-corrected chi connectivity index (χ3v) is 5.98. The third kappa shape index (κ3) is 3.54. The van der Waals surface area contributed by atoms with E-state index in [1.165, 1.54) is 5.56 Å². The highest BCUT2D eigenvalue weighted by Gasteiger charge is 2.40. The number of hydrogen-bond acceptors (Lipinski definition) is 5. The predicted molar refractivity (Wildman–Crippen MR) is 110 cm³/mol. The molecule has 2 saturated heterocycles. The Labute approximate surface area is 173 Å². The van der Waals surface area contributed by atoms with Gasteiger partial charge in [-0.25, -0.2) is 9.97 Å². The van der Waals surface area contributed by atoms with Crippen LogP contribution in [-0.2, 0) is 16.1 Å². The molecule has 30 heavy (non-hydrogen) atoms. The van der Waals surface area contributed by atoms with Gasteiger partial charge in [-0.2, -0.15) is 0 Å². The molecular weight excluding hydrogens is 382 g/mol. The summed E-state index contributed by atoms with van der Waals surface area (Å²) in [6.07, 6.45) is 4.81. The first-order valence-electron chi connectivity index (χ1n) is 10.2. The number of morpholine rings is 1. The van der Waals surface area contributed by atoms with Gasteiger partial charge >= 0.3 is 0 Å². The standard InChI is InChI=1S/C22H23N5O3/c28-19-13-30-22(14-24-19)6-8-26(9-7-22)21(29)17-10-18-20(23-11-17)27(15-25-18)12-16-4-2-1-3-5-16/h1-5,10-11,15H,6-9,12-14H2,(H,24,28). The molecule has 1 N–H and O–H groups in total. The molecule has 0 saturated carbocycles. The van der Waals surface area contributed by atoms with E-state index in [1.807, 2.05) is 33.7 Å². The van der Waals surface area contributed by atoms with E-state index in [9.17, 15) is 9.59 Å². The molecule has 3 aromatic rings. The molecular formula is C22H23N5O3. The quantitative estimate of drug-likeness (QED) is 0.715. The van der Waals surface area contributed by atoms with E-state index in [1.54, 1.807) is 12.5 Å². The van der Waals surface area contributed by atoms with E-state index >= 15 is 0 Å². The maximum Gasteiger partial charge on any atom is 0.255 e. The van der Waals surface area contributed by atoms with Crippen LogP contribution >= 0.6 is 0 Å². The first kappa shape index (κ1) is 18.7. The lowest BCUT2D eigenvalue weighted by Gasteiger charge is -2.43. The van der Waals surface area contributed by atoms with Gasteiger partial charge in [-0.15, -0.1) is 0 Å². The van der Waals surface area contributed by atoms with Crippen LogP contribution in [0.5, 0.6) is 0 Å². The second-order valence-electron chi connectivity index (χ2n) is 7.97. The smallest absolute Gasteiger partial charge is 0.255 e. The Balaban J connectivity index is 1.28. The fraction of sp³-hybridized carbons (Fsp3) is 0.364. The lowest BCUT2D eigenvalue weighted by molar-refractivity contribution is -0.149. The van der Waals surface area contributed by atoms with Crippen LogP contribution in [0.2, 0.25) is 0 Å². The van der Waals surface area contributed by atoms with E-state index in [-0.39, 0.29) is 24.0 Å². The van der Waals surface area contributed by atoms with Crippen molar-refractivity contribution in [2.45, 2.75) is 25.0 Å². The topological polar surface area (TPSA) is 89.3 Å². The fourth-order valence-electron chi connectivity index (χ4n) is 4.16. The Hall–Kier alpha value is -3.26. The van der Waals surface area contributed by atoms with Crippen LogP contribution in [0, 0.1) is 0 Å². The SMILES string of the molecule is O=C1COC2(CCN(C(=O)c3cnc4c(c3)ncn4Cc3ccccc3)CC2)CN1. The fourth-order valence-corrected chi connectivity index (χ4v) is 4.16. The molecule has 4 heterocycles. The van der Waals surface area contributed by atoms with E-state index in [0.29, 0.717) is 50.1 Å². The van der Waals surface area contributed by atoms with Crippen molar-refractivity contribution in [3.63, 3.8) is 0 Å². The number of carbonyl (C=O) groups excluding carboxylic acids is 2. The number of likely N-dealkylation sites (tertiary alicyclic amines) is 1. The maximum absolute atomic E-state index is 13.0. The molecule has 2 fully saturated rings. The molecule has 0 bridgehead atoms. The van der Waals surface area contributed by atoms with Gasteiger partial charge in [-0.1, -0.05) is 30.3 Å². The summed E-state index contributed by atoms with van der Waals surface area (Å²) in [4.78, 5) is 35.1. The van der Waals surface area contributed by atoms with Gasteiger partial charge in [0.2, 0.25) is 5.91 Å². The van der Waals surface area contributed by atoms with Gasteiger partial charge in [0, 0.05) is 25.8 Å². The molecule has 8 heteroatoms. The van der Waals surface area contributed by atoms with E-state index in [4.69, 9.17) is 4.74 Å². The first-order chi connectivity index (χ1) is 14.6. The molecule has 154 valence electrons. The van der Waals surface area contributed by atoms with Crippen LogP contribution in [0.1, 0.15) is 28.8 Å². The molecule has 2 aliphatic rings. The molecule has 8 nitrogen and oxygen atoms in total. The number of hydrogen-bond donors (Lipinski definition) is 1. The zero-order chi connectivity index (χ0) is 20.6. The number of amides is 2. The van der Waals surface area contributed by atoms with Gasteiger partial charge in [-0.3, -0.25) is 9.59 Å². The summed E-state index contributed by atoms with van der Waals surface area (Å²) < 4.78 is 7.77. The van der Waals surface area contributed by atoms with Gasteiger partial charge in [0.15, 0.2) is 5.65 Å². The van der Waals surface area contributed by atoms with E-state index in [0.717, 1.165) is 5.65 Å². The molecule has 0 atom stereocenters. The summed E-state index contributed by atoms with van der Waals surface area (Å²) in [5.74, 6) is -0.123. The second-order valence-corrected chi connectivity index (χ2v) is 7.97. The number of piperidine rings is 1. The summed E-state index contributed by atoms with van der Waals surface area (Å²) in [5.41, 5.74) is 2.84. The molecule has 2 aromatic heterocycles. The Kier molecular flexibility index (Phi) is 4.71. The summed E-state index contributed by atoms with van der Waals surface area (Å²) >= 11 is 0. The summed E-state index contributed by atoms with van der Waals surface area (Å²) in [6, 6.07) is 11.9. The largest absolute Gasteiger partial charge is 0.363 e. The second kappa shape index (κ2) is 7.53. The summed E-state index contributed by atoms with van der Waals surface area (Å²) in [6.45, 7) is 2.48. The van der Waals surface area contributed by atoms with Crippen molar-refractivity contribution in [3.05, 3.63) is 60.0 Å². The monoisotopic (exact) mass is 405 g/mol. The maximum atomic E-state index is 13.0. The number of nitrogens with one attached hydrogen (secondary N) is 1. The normalized spacial score (nSPS) is 18.5. The average Bonchev–Trinajstić information content (AvgIpc) is 3.19. The van der Waals surface area contributed by atoms with Crippen molar-refractivity contribution in [2.24, 2.45) is 0 Å². The molecule has 1 spiro atoms. The van der Waals surface area contributed by atoms with Crippen molar-refractivity contribution >= 4 is 23.0 Å². The van der Waals surface area contributed by atoms with Gasteiger partial charge in [0.05, 0.1) is 24.0 Å². The number of carbonyl (C=O) groups is 2. The number of nitrogens with zero attached hydrogens (tertiary/aromatic N) is 4. The first-order valence-corrected chi connectivity index (χ1v) is 10.2. The van der Waals surface area contributed by atoms with Gasteiger partial charge in [-0.05, 0) is 24.5 Å². The van der Waals surface area contributed by atoms with Crippen LogP contribution in [0.3, 0.4) is 0 Å². The van der Waals surface area contributed by atoms with Crippen molar-refractivity contribution in [3.8, 4) is 0 Å². The molecule has 0 radical (unpaired) electrons. The molecule has 1 aromatic carbocycles. The summed E-state index contributed by atoms with van der Waals surface area (Å²) in [5, 5.41) is 2.87. The molecule has 2 amide bonds. The zero-order valence-electron chi connectivity index (χ0n) is 16.6. The average molecular weight is 405 g/mol. The predicted octanol–water partition coefficient (Wildman–Crippen LogP) is 1.60. The highest BCUT2D eigenvalue weighted by Crippen LogP contribution is 2.28. The van der Waals surface area contributed by atoms with Gasteiger partial charge in [0.25, 0.3) is 5.91 Å². The van der Waals surface area contributed by atoms with Crippen LogP contribution in [0.25, 0.3) is 11.2 Å². The van der Waals surface area contributed by atoms with Gasteiger partial charge < -0.3 is 19.5 Å². The van der Waals surface area contributed by atoms with Gasteiger partial charge in [0.1, 0.15) is 12.1 Å². The highest BCUT2D eigenvalue weighted by atomic mass is 16.5. The minimum absolute atomic E-state index is 0.0447. The number of benzene rings is 1. The van der Waals surface area contributed by atoms with Crippen LogP contribution in [0.15, 0.2) is 48.9 Å². The minimum Gasteiger partial charge on any atom is -0.363 e. The van der Waals surface area contributed by atoms with Crippen molar-refractivity contribution in [1.82, 2.24) is 24.8 Å². The third-order valence-electron chi connectivity index (χ3n) is 5.98. The molecule has 0 aliphatic carbocycles.